The van der Waals surface area contributed by atoms with E-state index in [1.165, 1.54) is 12.1 Å². The van der Waals surface area contributed by atoms with Gasteiger partial charge < -0.3 is 5.32 Å². The monoisotopic (exact) mass is 274 g/mol. The van der Waals surface area contributed by atoms with Gasteiger partial charge in [-0.1, -0.05) is 20.8 Å². The zero-order chi connectivity index (χ0) is 14.8. The molecule has 0 aromatic heterocycles. The maximum atomic E-state index is 12.2. The van der Waals surface area contributed by atoms with Crippen molar-refractivity contribution >= 4 is 17.3 Å². The number of carbonyl (C=O) groups excluding carboxylic acids is 1. The second kappa shape index (κ2) is 4.99. The maximum Gasteiger partial charge on any atom is 0.471 e. The average Bonchev–Trinajstić information content (AvgIpc) is 2.26. The molecule has 0 heterocycles. The zero-order valence-corrected chi connectivity index (χ0v) is 10.6. The van der Waals surface area contributed by atoms with Crippen LogP contribution in [-0.2, 0) is 10.2 Å². The fourth-order valence-electron chi connectivity index (χ4n) is 1.37. The van der Waals surface area contributed by atoms with Crippen molar-refractivity contribution in [1.82, 2.24) is 0 Å². The molecule has 0 fully saturated rings. The summed E-state index contributed by atoms with van der Waals surface area (Å²) in [5, 5.41) is 4.40. The van der Waals surface area contributed by atoms with Gasteiger partial charge in [0, 0.05) is 5.69 Å². The van der Waals surface area contributed by atoms with Gasteiger partial charge in [0.25, 0.3) is 0 Å². The molecule has 0 saturated heterocycles. The molecule has 1 rings (SSSR count). The van der Waals surface area contributed by atoms with Gasteiger partial charge in [0.05, 0.1) is 0 Å². The second-order valence-electron chi connectivity index (χ2n) is 5.06. The van der Waals surface area contributed by atoms with Gasteiger partial charge in [0.15, 0.2) is 0 Å². The number of rotatable bonds is 2. The van der Waals surface area contributed by atoms with E-state index in [0.29, 0.717) is 5.56 Å². The predicted octanol–water partition coefficient (Wildman–Crippen LogP) is 3.88. The largest absolute Gasteiger partial charge is 0.471 e. The van der Waals surface area contributed by atoms with Crippen molar-refractivity contribution in [2.24, 2.45) is 5.18 Å². The van der Waals surface area contributed by atoms with Gasteiger partial charge >= 0.3 is 12.1 Å². The number of benzene rings is 1. The molecule has 0 atom stereocenters. The van der Waals surface area contributed by atoms with Gasteiger partial charge in [0.1, 0.15) is 5.69 Å². The number of carbonyl (C=O) groups is 1. The molecule has 104 valence electrons. The highest BCUT2D eigenvalue weighted by Crippen LogP contribution is 2.30. The van der Waals surface area contributed by atoms with Crippen LogP contribution in [-0.4, -0.2) is 12.1 Å². The zero-order valence-electron chi connectivity index (χ0n) is 10.6. The summed E-state index contributed by atoms with van der Waals surface area (Å²) >= 11 is 0. The van der Waals surface area contributed by atoms with Gasteiger partial charge in [-0.05, 0) is 34.4 Å². The predicted molar refractivity (Wildman–Crippen MR) is 65.3 cm³/mol. The van der Waals surface area contributed by atoms with Crippen molar-refractivity contribution in [2.75, 3.05) is 5.32 Å². The highest BCUT2D eigenvalue weighted by molar-refractivity contribution is 5.95. The smallest absolute Gasteiger partial charge is 0.318 e. The number of alkyl halides is 3. The molecular weight excluding hydrogens is 261 g/mol. The standard InChI is InChI=1S/C12H13F3N2O2/c1-11(2,3)7-4-8(6-9(5-7)17-19)16-10(18)12(13,14)15/h4-6H,1-3H3,(H,16,18). The van der Waals surface area contributed by atoms with Crippen LogP contribution >= 0.6 is 0 Å². The lowest BCUT2D eigenvalue weighted by molar-refractivity contribution is -0.167. The first-order valence-corrected chi connectivity index (χ1v) is 5.41. The normalized spacial score (nSPS) is 12.1. The summed E-state index contributed by atoms with van der Waals surface area (Å²) in [7, 11) is 0. The molecule has 7 heteroatoms. The van der Waals surface area contributed by atoms with E-state index in [1.54, 1.807) is 5.32 Å². The number of nitrogens with zero attached hydrogens (tertiary/aromatic N) is 1. The van der Waals surface area contributed by atoms with Crippen LogP contribution in [0.15, 0.2) is 23.4 Å². The number of anilines is 1. The van der Waals surface area contributed by atoms with Crippen LogP contribution in [0, 0.1) is 4.91 Å². The Morgan fingerprint density at radius 1 is 1.16 bits per heavy atom. The van der Waals surface area contributed by atoms with Crippen molar-refractivity contribution < 1.29 is 18.0 Å². The summed E-state index contributed by atoms with van der Waals surface area (Å²) < 4.78 is 36.5. The van der Waals surface area contributed by atoms with Crippen molar-refractivity contribution in [1.29, 1.82) is 0 Å². The Kier molecular flexibility index (Phi) is 3.97. The Labute approximate surface area is 108 Å². The van der Waals surface area contributed by atoms with Gasteiger partial charge in [-0.3, -0.25) is 4.79 Å². The van der Waals surface area contributed by atoms with Gasteiger partial charge in [-0.2, -0.15) is 13.2 Å². The first-order chi connectivity index (χ1) is 8.54. The highest BCUT2D eigenvalue weighted by atomic mass is 19.4. The molecule has 0 radical (unpaired) electrons. The molecular formula is C12H13F3N2O2. The second-order valence-corrected chi connectivity index (χ2v) is 5.06. The molecule has 0 saturated carbocycles. The molecule has 1 aromatic rings. The third-order valence-electron chi connectivity index (χ3n) is 2.40. The van der Waals surface area contributed by atoms with E-state index in [2.05, 4.69) is 5.18 Å². The lowest BCUT2D eigenvalue weighted by atomic mass is 9.86. The number of nitrogens with one attached hydrogen (secondary N) is 1. The van der Waals surface area contributed by atoms with Crippen molar-refractivity contribution in [3.05, 3.63) is 28.7 Å². The lowest BCUT2D eigenvalue weighted by Gasteiger charge is -2.20. The minimum Gasteiger partial charge on any atom is -0.318 e. The van der Waals surface area contributed by atoms with E-state index in [4.69, 9.17) is 0 Å². The molecule has 19 heavy (non-hydrogen) atoms. The third kappa shape index (κ3) is 4.04. The number of hydrogen-bond acceptors (Lipinski definition) is 3. The van der Waals surface area contributed by atoms with Crippen LogP contribution in [0.3, 0.4) is 0 Å². The average molecular weight is 274 g/mol. The quantitative estimate of drug-likeness (QED) is 0.832. The Bertz CT molecular complexity index is 505. The van der Waals surface area contributed by atoms with E-state index in [0.717, 1.165) is 6.07 Å². The lowest BCUT2D eigenvalue weighted by Crippen LogP contribution is -2.30. The minimum absolute atomic E-state index is 0.0371. The highest BCUT2D eigenvalue weighted by Gasteiger charge is 2.38. The van der Waals surface area contributed by atoms with Crippen LogP contribution in [0.5, 0.6) is 0 Å². The first-order valence-electron chi connectivity index (χ1n) is 5.41. The maximum absolute atomic E-state index is 12.2. The fraction of sp³-hybridized carbons (Fsp3) is 0.417. The van der Waals surface area contributed by atoms with Crippen LogP contribution in [0.25, 0.3) is 0 Å². The third-order valence-corrected chi connectivity index (χ3v) is 2.40. The number of hydrogen-bond donors (Lipinski definition) is 1. The summed E-state index contributed by atoms with van der Waals surface area (Å²) in [6, 6.07) is 3.94. The SMILES string of the molecule is CC(C)(C)c1cc(N=O)cc(NC(=O)C(F)(F)F)c1. The van der Waals surface area contributed by atoms with E-state index in [9.17, 15) is 22.9 Å². The van der Waals surface area contributed by atoms with Crippen molar-refractivity contribution in [3.63, 3.8) is 0 Å². The van der Waals surface area contributed by atoms with E-state index in [-0.39, 0.29) is 11.4 Å². The number of nitroso groups, excluding NO2 is 1. The molecule has 1 aromatic carbocycles. The van der Waals surface area contributed by atoms with Crippen LogP contribution in [0.2, 0.25) is 0 Å². The van der Waals surface area contributed by atoms with Crippen LogP contribution in [0.4, 0.5) is 24.5 Å². The van der Waals surface area contributed by atoms with Gasteiger partial charge in [0.2, 0.25) is 0 Å². The molecule has 0 bridgehead atoms. The Hall–Kier alpha value is -1.92. The summed E-state index contributed by atoms with van der Waals surface area (Å²) in [6.07, 6.45) is -4.98. The van der Waals surface area contributed by atoms with Crippen molar-refractivity contribution in [2.45, 2.75) is 32.4 Å². The summed E-state index contributed by atoms with van der Waals surface area (Å²) in [4.78, 5) is 21.4. The molecule has 4 nitrogen and oxygen atoms in total. The Balaban J connectivity index is 3.15. The molecule has 1 N–H and O–H groups in total. The topological polar surface area (TPSA) is 58.5 Å². The summed E-state index contributed by atoms with van der Waals surface area (Å²) in [5.74, 6) is -2.09. The number of halogens is 3. The molecule has 0 aliphatic carbocycles. The Morgan fingerprint density at radius 3 is 2.16 bits per heavy atom. The van der Waals surface area contributed by atoms with Gasteiger partial charge in [-0.15, -0.1) is 4.91 Å². The first kappa shape index (κ1) is 15.1. The van der Waals surface area contributed by atoms with Gasteiger partial charge in [-0.25, -0.2) is 0 Å². The molecule has 0 unspecified atom stereocenters. The number of amides is 1. The van der Waals surface area contributed by atoms with E-state index < -0.39 is 17.5 Å². The Morgan fingerprint density at radius 2 is 1.74 bits per heavy atom. The minimum atomic E-state index is -4.98. The molecule has 0 aliphatic heterocycles. The van der Waals surface area contributed by atoms with Crippen molar-refractivity contribution in [3.8, 4) is 0 Å². The van der Waals surface area contributed by atoms with E-state index in [1.807, 2.05) is 20.8 Å². The molecule has 0 spiro atoms. The summed E-state index contributed by atoms with van der Waals surface area (Å²) in [6.45, 7) is 5.48. The molecule has 1 amide bonds. The molecule has 0 aliphatic rings. The van der Waals surface area contributed by atoms with E-state index >= 15 is 0 Å². The van der Waals surface area contributed by atoms with Crippen LogP contribution in [0.1, 0.15) is 26.3 Å². The summed E-state index contributed by atoms with van der Waals surface area (Å²) in [5.41, 5.74) is 0.0645. The van der Waals surface area contributed by atoms with Crippen LogP contribution < -0.4 is 5.32 Å². The fourth-order valence-corrected chi connectivity index (χ4v) is 1.37.